The zero-order chi connectivity index (χ0) is 15.4. The van der Waals surface area contributed by atoms with E-state index < -0.39 is 16.1 Å². The molecule has 1 aromatic rings. The molecule has 0 aromatic heterocycles. The minimum Gasteiger partial charge on any atom is -0.387 e. The van der Waals surface area contributed by atoms with Crippen molar-refractivity contribution in [2.75, 3.05) is 12.3 Å². The van der Waals surface area contributed by atoms with Crippen LogP contribution in [0, 0.1) is 0 Å². The third kappa shape index (κ3) is 5.23. The van der Waals surface area contributed by atoms with Crippen LogP contribution >= 0.6 is 0 Å². The fourth-order valence-electron chi connectivity index (χ4n) is 1.87. The second-order valence-corrected chi connectivity index (χ2v) is 7.98. The van der Waals surface area contributed by atoms with Gasteiger partial charge < -0.3 is 5.11 Å². The van der Waals surface area contributed by atoms with Crippen LogP contribution in [-0.4, -0.2) is 25.8 Å². The van der Waals surface area contributed by atoms with E-state index in [0.717, 1.165) is 5.56 Å². The van der Waals surface area contributed by atoms with E-state index in [9.17, 15) is 13.5 Å². The van der Waals surface area contributed by atoms with Crippen LogP contribution in [0.15, 0.2) is 24.3 Å². The Labute approximate surface area is 122 Å². The lowest BCUT2D eigenvalue weighted by molar-refractivity contribution is 0.182. The minimum atomic E-state index is -3.28. The summed E-state index contributed by atoms with van der Waals surface area (Å²) in [7, 11) is -3.28. The second-order valence-electron chi connectivity index (χ2n) is 6.06. The highest BCUT2D eigenvalue weighted by atomic mass is 32.2. The van der Waals surface area contributed by atoms with E-state index in [1.165, 1.54) is 5.56 Å². The topological polar surface area (TPSA) is 66.4 Å². The first-order valence-corrected chi connectivity index (χ1v) is 8.57. The molecule has 0 saturated carbocycles. The molecule has 0 heterocycles. The van der Waals surface area contributed by atoms with Crippen molar-refractivity contribution in [1.29, 1.82) is 0 Å². The Morgan fingerprint density at radius 1 is 1.20 bits per heavy atom. The zero-order valence-electron chi connectivity index (χ0n) is 12.7. The van der Waals surface area contributed by atoms with Crippen molar-refractivity contribution in [3.05, 3.63) is 35.4 Å². The quantitative estimate of drug-likeness (QED) is 0.847. The van der Waals surface area contributed by atoms with Crippen molar-refractivity contribution in [2.45, 2.75) is 45.6 Å². The number of aliphatic hydroxyl groups is 1. The molecule has 0 bridgehead atoms. The van der Waals surface area contributed by atoms with Gasteiger partial charge in [0.15, 0.2) is 0 Å². The van der Waals surface area contributed by atoms with Crippen molar-refractivity contribution in [1.82, 2.24) is 4.72 Å². The summed E-state index contributed by atoms with van der Waals surface area (Å²) < 4.78 is 25.5. The monoisotopic (exact) mass is 299 g/mol. The van der Waals surface area contributed by atoms with Gasteiger partial charge in [0.25, 0.3) is 0 Å². The fraction of sp³-hybridized carbons (Fsp3) is 0.600. The second kappa shape index (κ2) is 6.70. The Kier molecular flexibility index (Phi) is 5.74. The van der Waals surface area contributed by atoms with E-state index in [4.69, 9.17) is 0 Å². The van der Waals surface area contributed by atoms with Crippen molar-refractivity contribution < 1.29 is 13.5 Å². The number of benzene rings is 1. The van der Waals surface area contributed by atoms with Gasteiger partial charge in [-0.1, -0.05) is 52.0 Å². The third-order valence-electron chi connectivity index (χ3n) is 3.13. The number of sulfonamides is 1. The maximum atomic E-state index is 11.5. The van der Waals surface area contributed by atoms with Crippen LogP contribution in [-0.2, 0) is 15.4 Å². The van der Waals surface area contributed by atoms with Crippen molar-refractivity contribution in [3.63, 3.8) is 0 Å². The SMILES string of the molecule is CCCS(=O)(=O)NCC(O)c1ccc(C(C)(C)C)cc1. The van der Waals surface area contributed by atoms with Gasteiger partial charge in [-0.2, -0.15) is 0 Å². The van der Waals surface area contributed by atoms with Gasteiger partial charge in [-0.3, -0.25) is 0 Å². The molecule has 0 saturated heterocycles. The Morgan fingerprint density at radius 2 is 1.75 bits per heavy atom. The average Bonchev–Trinajstić information content (AvgIpc) is 2.35. The van der Waals surface area contributed by atoms with Gasteiger partial charge in [0, 0.05) is 6.54 Å². The number of hydrogen-bond donors (Lipinski definition) is 2. The maximum absolute atomic E-state index is 11.5. The number of nitrogens with one attached hydrogen (secondary N) is 1. The smallest absolute Gasteiger partial charge is 0.211 e. The Balaban J connectivity index is 2.67. The summed E-state index contributed by atoms with van der Waals surface area (Å²) in [5.41, 5.74) is 1.96. The highest BCUT2D eigenvalue weighted by Gasteiger charge is 2.16. The molecule has 0 fully saturated rings. The first kappa shape index (κ1) is 17.1. The van der Waals surface area contributed by atoms with Gasteiger partial charge in [-0.25, -0.2) is 13.1 Å². The molecular weight excluding hydrogens is 274 g/mol. The van der Waals surface area contributed by atoms with Crippen LogP contribution in [0.4, 0.5) is 0 Å². The van der Waals surface area contributed by atoms with Crippen molar-refractivity contribution in [3.8, 4) is 0 Å². The fourth-order valence-corrected chi connectivity index (χ4v) is 2.96. The molecule has 114 valence electrons. The van der Waals surface area contributed by atoms with Gasteiger partial charge >= 0.3 is 0 Å². The normalized spacial score (nSPS) is 14.2. The molecule has 20 heavy (non-hydrogen) atoms. The molecule has 0 aliphatic rings. The molecule has 4 nitrogen and oxygen atoms in total. The number of rotatable bonds is 6. The van der Waals surface area contributed by atoms with Gasteiger partial charge in [0.05, 0.1) is 11.9 Å². The summed E-state index contributed by atoms with van der Waals surface area (Å²) in [4.78, 5) is 0. The summed E-state index contributed by atoms with van der Waals surface area (Å²) in [5, 5.41) is 10.0. The first-order chi connectivity index (χ1) is 9.15. The summed E-state index contributed by atoms with van der Waals surface area (Å²) in [6.07, 6.45) is -0.262. The predicted molar refractivity (Wildman–Crippen MR) is 82.2 cm³/mol. The van der Waals surface area contributed by atoms with Crippen LogP contribution in [0.2, 0.25) is 0 Å². The van der Waals surface area contributed by atoms with Crippen molar-refractivity contribution >= 4 is 10.0 Å². The summed E-state index contributed by atoms with van der Waals surface area (Å²) >= 11 is 0. The average molecular weight is 299 g/mol. The van der Waals surface area contributed by atoms with Crippen LogP contribution in [0.3, 0.4) is 0 Å². The highest BCUT2D eigenvalue weighted by Crippen LogP contribution is 2.23. The van der Waals surface area contributed by atoms with E-state index in [2.05, 4.69) is 25.5 Å². The molecule has 0 radical (unpaired) electrons. The van der Waals surface area contributed by atoms with Crippen LogP contribution in [0.5, 0.6) is 0 Å². The van der Waals surface area contributed by atoms with E-state index >= 15 is 0 Å². The molecule has 0 aliphatic heterocycles. The molecule has 0 spiro atoms. The molecule has 1 aromatic carbocycles. The van der Waals surface area contributed by atoms with Gasteiger partial charge in [0.2, 0.25) is 10.0 Å². The van der Waals surface area contributed by atoms with E-state index in [0.29, 0.717) is 6.42 Å². The van der Waals surface area contributed by atoms with Gasteiger partial charge in [0.1, 0.15) is 0 Å². The van der Waals surface area contributed by atoms with Crippen molar-refractivity contribution in [2.24, 2.45) is 0 Å². The Hall–Kier alpha value is -0.910. The zero-order valence-corrected chi connectivity index (χ0v) is 13.5. The van der Waals surface area contributed by atoms with Gasteiger partial charge in [-0.05, 0) is 23.0 Å². The highest BCUT2D eigenvalue weighted by molar-refractivity contribution is 7.89. The molecule has 5 heteroatoms. The lowest BCUT2D eigenvalue weighted by Crippen LogP contribution is -2.30. The summed E-state index contributed by atoms with van der Waals surface area (Å²) in [5.74, 6) is 0.0860. The van der Waals surface area contributed by atoms with Gasteiger partial charge in [-0.15, -0.1) is 0 Å². The maximum Gasteiger partial charge on any atom is 0.211 e. The minimum absolute atomic E-state index is 0.0111. The largest absolute Gasteiger partial charge is 0.387 e. The summed E-state index contributed by atoms with van der Waals surface area (Å²) in [6, 6.07) is 7.64. The molecular formula is C15H25NO3S. The number of hydrogen-bond acceptors (Lipinski definition) is 3. The number of aliphatic hydroxyl groups excluding tert-OH is 1. The van der Waals surface area contributed by atoms with E-state index in [1.54, 1.807) is 6.92 Å². The molecule has 2 N–H and O–H groups in total. The summed E-state index contributed by atoms with van der Waals surface area (Å²) in [6.45, 7) is 8.18. The lowest BCUT2D eigenvalue weighted by atomic mass is 9.86. The Bertz CT molecular complexity index is 515. The Morgan fingerprint density at radius 3 is 2.20 bits per heavy atom. The van der Waals surface area contributed by atoms with E-state index in [1.807, 2.05) is 24.3 Å². The molecule has 1 rings (SSSR count). The van der Waals surface area contributed by atoms with E-state index in [-0.39, 0.29) is 17.7 Å². The molecule has 1 unspecified atom stereocenters. The first-order valence-electron chi connectivity index (χ1n) is 6.91. The van der Waals surface area contributed by atoms with Crippen LogP contribution in [0.1, 0.15) is 51.3 Å². The molecule has 0 aliphatic carbocycles. The molecule has 1 atom stereocenters. The standard InChI is InChI=1S/C15H25NO3S/c1-5-10-20(18,19)16-11-14(17)12-6-8-13(9-7-12)15(2,3)4/h6-9,14,16-17H,5,10-11H2,1-4H3. The lowest BCUT2D eigenvalue weighted by Gasteiger charge is -2.20. The third-order valence-corrected chi connectivity index (χ3v) is 4.68. The van der Waals surface area contributed by atoms with Crippen LogP contribution < -0.4 is 4.72 Å². The predicted octanol–water partition coefficient (Wildman–Crippen LogP) is 2.35. The molecule has 0 amide bonds. The van der Waals surface area contributed by atoms with Crippen LogP contribution in [0.25, 0.3) is 0 Å².